The molecule has 1 aromatic carbocycles. The highest BCUT2D eigenvalue weighted by molar-refractivity contribution is 5.41. The molecule has 0 saturated carbocycles. The Balaban J connectivity index is 1.96. The van der Waals surface area contributed by atoms with E-state index < -0.39 is 0 Å². The summed E-state index contributed by atoms with van der Waals surface area (Å²) < 4.78 is 12.8. The Kier molecular flexibility index (Phi) is 5.04. The molecule has 0 unspecified atom stereocenters. The molecule has 7 nitrogen and oxygen atoms in total. The van der Waals surface area contributed by atoms with Gasteiger partial charge in [-0.25, -0.2) is 4.98 Å². The van der Waals surface area contributed by atoms with Crippen molar-refractivity contribution in [1.29, 1.82) is 0 Å². The van der Waals surface area contributed by atoms with Crippen LogP contribution in [0.15, 0.2) is 36.8 Å². The Labute approximate surface area is 147 Å². The van der Waals surface area contributed by atoms with E-state index in [-0.39, 0.29) is 6.04 Å². The van der Waals surface area contributed by atoms with Crippen molar-refractivity contribution in [3.05, 3.63) is 59.4 Å². The highest BCUT2D eigenvalue weighted by Crippen LogP contribution is 2.29. The van der Waals surface area contributed by atoms with Crippen molar-refractivity contribution in [2.24, 2.45) is 7.05 Å². The van der Waals surface area contributed by atoms with E-state index in [4.69, 9.17) is 9.47 Å². The maximum Gasteiger partial charge on any atom is 0.130 e. The van der Waals surface area contributed by atoms with Crippen molar-refractivity contribution in [1.82, 2.24) is 25.1 Å². The van der Waals surface area contributed by atoms with Crippen molar-refractivity contribution < 1.29 is 9.47 Å². The number of benzene rings is 1. The predicted molar refractivity (Wildman–Crippen MR) is 94.8 cm³/mol. The van der Waals surface area contributed by atoms with Gasteiger partial charge in [0.1, 0.15) is 17.3 Å². The van der Waals surface area contributed by atoms with Crippen molar-refractivity contribution in [3.8, 4) is 11.5 Å². The molecule has 0 aliphatic heterocycles. The number of aryl methyl sites for hydroxylation is 2. The molecule has 0 fully saturated rings. The lowest BCUT2D eigenvalue weighted by atomic mass is 10.0. The number of nitrogens with one attached hydrogen (secondary N) is 2. The summed E-state index contributed by atoms with van der Waals surface area (Å²) in [6, 6.07) is 5.74. The number of H-pyrrole nitrogens is 1. The summed E-state index contributed by atoms with van der Waals surface area (Å²) in [7, 11) is 5.28. The maximum absolute atomic E-state index is 5.41. The fraction of sp³-hybridized carbons (Fsp3) is 0.333. The standard InChI is InChI=1S/C18H23N5O2/c1-12-14(11-21-22-12)10-20-17(18-19-5-6-23(18)2)13-7-15(24-3)9-16(8-13)25-4/h5-9,11,17,20H,10H2,1-4H3,(H,21,22)/t17-/m1/s1. The quantitative estimate of drug-likeness (QED) is 0.690. The van der Waals surface area contributed by atoms with Crippen molar-refractivity contribution in [2.45, 2.75) is 19.5 Å². The number of aromatic nitrogens is 4. The van der Waals surface area contributed by atoms with Gasteiger partial charge in [0.2, 0.25) is 0 Å². The highest BCUT2D eigenvalue weighted by atomic mass is 16.5. The Hall–Kier alpha value is -2.80. The molecule has 3 aromatic rings. The van der Waals surface area contributed by atoms with Gasteiger partial charge in [0.15, 0.2) is 0 Å². The largest absolute Gasteiger partial charge is 0.497 e. The van der Waals surface area contributed by atoms with Gasteiger partial charge in [-0.2, -0.15) is 5.10 Å². The third-order valence-corrected chi connectivity index (χ3v) is 4.25. The molecule has 2 heterocycles. The lowest BCUT2D eigenvalue weighted by molar-refractivity contribution is 0.392. The Bertz CT molecular complexity index is 817. The van der Waals surface area contributed by atoms with E-state index in [1.165, 1.54) is 0 Å². The minimum atomic E-state index is -0.113. The second kappa shape index (κ2) is 7.40. The van der Waals surface area contributed by atoms with Crippen LogP contribution in [0.5, 0.6) is 11.5 Å². The van der Waals surface area contributed by atoms with Crippen LogP contribution in [0.1, 0.15) is 28.7 Å². The first-order valence-corrected chi connectivity index (χ1v) is 8.04. The van der Waals surface area contributed by atoms with Gasteiger partial charge in [-0.05, 0) is 24.6 Å². The molecule has 0 saturated heterocycles. The van der Waals surface area contributed by atoms with Crippen LogP contribution in [0.25, 0.3) is 0 Å². The average molecular weight is 341 g/mol. The van der Waals surface area contributed by atoms with E-state index in [0.717, 1.165) is 34.1 Å². The number of nitrogens with zero attached hydrogens (tertiary/aromatic N) is 3. The van der Waals surface area contributed by atoms with Crippen LogP contribution >= 0.6 is 0 Å². The minimum absolute atomic E-state index is 0.113. The van der Waals surface area contributed by atoms with E-state index in [0.29, 0.717) is 6.54 Å². The van der Waals surface area contributed by atoms with Crippen LogP contribution in [-0.4, -0.2) is 34.0 Å². The van der Waals surface area contributed by atoms with Gasteiger partial charge in [0.05, 0.1) is 26.5 Å². The molecular weight excluding hydrogens is 318 g/mol. The summed E-state index contributed by atoms with van der Waals surface area (Å²) >= 11 is 0. The number of aromatic amines is 1. The molecule has 0 radical (unpaired) electrons. The van der Waals surface area contributed by atoms with Crippen LogP contribution in [-0.2, 0) is 13.6 Å². The number of methoxy groups -OCH3 is 2. The fourth-order valence-corrected chi connectivity index (χ4v) is 2.78. The van der Waals surface area contributed by atoms with Crippen molar-refractivity contribution in [2.75, 3.05) is 14.2 Å². The van der Waals surface area contributed by atoms with Gasteiger partial charge in [-0.3, -0.25) is 10.4 Å². The predicted octanol–water partition coefficient (Wildman–Crippen LogP) is 2.35. The number of hydrogen-bond donors (Lipinski definition) is 2. The van der Waals surface area contributed by atoms with Crippen LogP contribution < -0.4 is 14.8 Å². The molecule has 0 bridgehead atoms. The summed E-state index contributed by atoms with van der Waals surface area (Å²) in [5, 5.41) is 10.6. The first kappa shape index (κ1) is 17.0. The maximum atomic E-state index is 5.41. The zero-order chi connectivity index (χ0) is 17.8. The molecule has 25 heavy (non-hydrogen) atoms. The van der Waals surface area contributed by atoms with E-state index in [1.807, 2.05) is 49.1 Å². The highest BCUT2D eigenvalue weighted by Gasteiger charge is 2.20. The van der Waals surface area contributed by atoms with Gasteiger partial charge in [0, 0.05) is 43.3 Å². The van der Waals surface area contributed by atoms with E-state index in [2.05, 4.69) is 20.5 Å². The normalized spacial score (nSPS) is 12.2. The SMILES string of the molecule is COc1cc(OC)cc([C@@H](NCc2cn[nH]c2C)c2nccn2C)c1. The molecule has 0 aliphatic carbocycles. The summed E-state index contributed by atoms with van der Waals surface area (Å²) in [5.74, 6) is 2.40. The second-order valence-corrected chi connectivity index (χ2v) is 5.88. The molecule has 2 N–H and O–H groups in total. The van der Waals surface area contributed by atoms with Crippen LogP contribution in [0.3, 0.4) is 0 Å². The zero-order valence-electron chi connectivity index (χ0n) is 14.9. The topological polar surface area (TPSA) is 77.0 Å². The molecule has 1 atom stereocenters. The summed E-state index contributed by atoms with van der Waals surface area (Å²) in [5.41, 5.74) is 3.19. The van der Waals surface area contributed by atoms with Crippen LogP contribution in [0.2, 0.25) is 0 Å². The average Bonchev–Trinajstić information content (AvgIpc) is 3.23. The molecule has 0 amide bonds. The third kappa shape index (κ3) is 3.66. The molecule has 132 valence electrons. The van der Waals surface area contributed by atoms with Gasteiger partial charge in [-0.1, -0.05) is 0 Å². The van der Waals surface area contributed by atoms with Gasteiger partial charge >= 0.3 is 0 Å². The van der Waals surface area contributed by atoms with Crippen molar-refractivity contribution >= 4 is 0 Å². The summed E-state index contributed by atoms with van der Waals surface area (Å²) in [6.07, 6.45) is 5.57. The smallest absolute Gasteiger partial charge is 0.130 e. The number of hydrogen-bond acceptors (Lipinski definition) is 5. The Morgan fingerprint density at radius 1 is 1.20 bits per heavy atom. The van der Waals surface area contributed by atoms with E-state index in [9.17, 15) is 0 Å². The lowest BCUT2D eigenvalue weighted by Gasteiger charge is -2.20. The first-order valence-electron chi connectivity index (χ1n) is 8.04. The fourth-order valence-electron chi connectivity index (χ4n) is 2.78. The van der Waals surface area contributed by atoms with Gasteiger partial charge in [0.25, 0.3) is 0 Å². The molecule has 0 aliphatic rings. The van der Waals surface area contributed by atoms with E-state index in [1.54, 1.807) is 20.4 Å². The molecule has 7 heteroatoms. The van der Waals surface area contributed by atoms with Crippen LogP contribution in [0.4, 0.5) is 0 Å². The first-order chi connectivity index (χ1) is 12.1. The zero-order valence-corrected chi connectivity index (χ0v) is 14.9. The number of imidazole rings is 1. The Morgan fingerprint density at radius 2 is 1.92 bits per heavy atom. The monoisotopic (exact) mass is 341 g/mol. The van der Waals surface area contributed by atoms with Crippen LogP contribution in [0, 0.1) is 6.92 Å². The molecular formula is C18H23N5O2. The number of rotatable bonds is 7. The second-order valence-electron chi connectivity index (χ2n) is 5.88. The molecule has 0 spiro atoms. The molecule has 2 aromatic heterocycles. The summed E-state index contributed by atoms with van der Waals surface area (Å²) in [6.45, 7) is 2.67. The minimum Gasteiger partial charge on any atom is -0.497 e. The summed E-state index contributed by atoms with van der Waals surface area (Å²) in [4.78, 5) is 4.52. The van der Waals surface area contributed by atoms with Crippen molar-refractivity contribution in [3.63, 3.8) is 0 Å². The molecule has 3 rings (SSSR count). The van der Waals surface area contributed by atoms with Gasteiger partial charge < -0.3 is 14.0 Å². The third-order valence-electron chi connectivity index (χ3n) is 4.25. The van der Waals surface area contributed by atoms with Gasteiger partial charge in [-0.15, -0.1) is 0 Å². The lowest BCUT2D eigenvalue weighted by Crippen LogP contribution is -2.25. The number of ether oxygens (including phenoxy) is 2. The Morgan fingerprint density at radius 3 is 2.44 bits per heavy atom. The van der Waals surface area contributed by atoms with E-state index >= 15 is 0 Å².